The SMILES string of the molecule is CCc1ccc(C(=O)CC(=O)OC(C)C)cc1. The summed E-state index contributed by atoms with van der Waals surface area (Å²) in [4.78, 5) is 23.1. The lowest BCUT2D eigenvalue weighted by molar-refractivity contribution is -0.146. The third-order valence-electron chi connectivity index (χ3n) is 2.36. The highest BCUT2D eigenvalue weighted by molar-refractivity contribution is 6.05. The molecule has 1 rings (SSSR count). The van der Waals surface area contributed by atoms with Crippen molar-refractivity contribution in [2.45, 2.75) is 39.7 Å². The van der Waals surface area contributed by atoms with E-state index in [0.717, 1.165) is 6.42 Å². The lowest BCUT2D eigenvalue weighted by atomic mass is 10.1. The van der Waals surface area contributed by atoms with Crippen LogP contribution in [0.5, 0.6) is 0 Å². The maximum Gasteiger partial charge on any atom is 0.313 e. The quantitative estimate of drug-likeness (QED) is 0.447. The molecule has 0 unspecified atom stereocenters. The zero-order valence-electron chi connectivity index (χ0n) is 10.5. The van der Waals surface area contributed by atoms with Crippen LogP contribution in [0.15, 0.2) is 24.3 Å². The summed E-state index contributed by atoms with van der Waals surface area (Å²) in [6, 6.07) is 7.32. The monoisotopic (exact) mass is 234 g/mol. The molecule has 1 aromatic rings. The van der Waals surface area contributed by atoms with E-state index in [2.05, 4.69) is 6.92 Å². The molecule has 0 aliphatic heterocycles. The minimum atomic E-state index is -0.468. The maximum absolute atomic E-state index is 11.7. The fourth-order valence-electron chi connectivity index (χ4n) is 1.46. The Kier molecular flexibility index (Phi) is 4.88. The number of ketones is 1. The normalized spacial score (nSPS) is 10.4. The second-order valence-electron chi connectivity index (χ2n) is 4.19. The molecule has 0 fully saturated rings. The van der Waals surface area contributed by atoms with E-state index in [4.69, 9.17) is 4.74 Å². The smallest absolute Gasteiger partial charge is 0.313 e. The summed E-state index contributed by atoms with van der Waals surface area (Å²) < 4.78 is 4.93. The molecule has 3 heteroatoms. The first-order valence-electron chi connectivity index (χ1n) is 5.84. The van der Waals surface area contributed by atoms with Gasteiger partial charge < -0.3 is 4.74 Å². The van der Waals surface area contributed by atoms with Crippen LogP contribution >= 0.6 is 0 Å². The number of aryl methyl sites for hydroxylation is 1. The van der Waals surface area contributed by atoms with Gasteiger partial charge >= 0.3 is 5.97 Å². The van der Waals surface area contributed by atoms with Gasteiger partial charge in [0.1, 0.15) is 6.42 Å². The fourth-order valence-corrected chi connectivity index (χ4v) is 1.46. The van der Waals surface area contributed by atoms with Crippen molar-refractivity contribution in [3.05, 3.63) is 35.4 Å². The topological polar surface area (TPSA) is 43.4 Å². The van der Waals surface area contributed by atoms with Gasteiger partial charge in [-0.3, -0.25) is 9.59 Å². The van der Waals surface area contributed by atoms with E-state index in [0.29, 0.717) is 5.56 Å². The Morgan fingerprint density at radius 1 is 1.18 bits per heavy atom. The van der Waals surface area contributed by atoms with E-state index >= 15 is 0 Å². The van der Waals surface area contributed by atoms with Gasteiger partial charge in [0, 0.05) is 5.56 Å². The molecule has 0 N–H and O–H groups in total. The van der Waals surface area contributed by atoms with Crippen LogP contribution in [-0.2, 0) is 16.0 Å². The Balaban J connectivity index is 2.60. The van der Waals surface area contributed by atoms with Crippen molar-refractivity contribution in [2.75, 3.05) is 0 Å². The molecule has 0 aliphatic carbocycles. The van der Waals surface area contributed by atoms with Crippen LogP contribution in [0.1, 0.15) is 43.1 Å². The average Bonchev–Trinajstić information content (AvgIpc) is 2.28. The predicted molar refractivity (Wildman–Crippen MR) is 66.0 cm³/mol. The lowest BCUT2D eigenvalue weighted by Crippen LogP contribution is -2.15. The van der Waals surface area contributed by atoms with Crippen molar-refractivity contribution in [2.24, 2.45) is 0 Å². The van der Waals surface area contributed by atoms with Gasteiger partial charge in [-0.1, -0.05) is 31.2 Å². The minimum absolute atomic E-state index is 0.183. The summed E-state index contributed by atoms with van der Waals surface area (Å²) in [6.45, 7) is 5.58. The Labute approximate surface area is 102 Å². The van der Waals surface area contributed by atoms with E-state index < -0.39 is 5.97 Å². The van der Waals surface area contributed by atoms with Gasteiger partial charge in [0.15, 0.2) is 5.78 Å². The third kappa shape index (κ3) is 4.39. The van der Waals surface area contributed by atoms with Gasteiger partial charge in [0.25, 0.3) is 0 Å². The molecule has 0 spiro atoms. The van der Waals surface area contributed by atoms with Crippen LogP contribution in [0, 0.1) is 0 Å². The molecule has 0 amide bonds. The Bertz CT molecular complexity index is 390. The molecule has 0 saturated carbocycles. The van der Waals surface area contributed by atoms with Crippen LogP contribution in [-0.4, -0.2) is 17.9 Å². The molecule has 3 nitrogen and oxygen atoms in total. The van der Waals surface area contributed by atoms with Gasteiger partial charge in [-0.2, -0.15) is 0 Å². The van der Waals surface area contributed by atoms with Crippen molar-refractivity contribution in [1.82, 2.24) is 0 Å². The first-order valence-corrected chi connectivity index (χ1v) is 5.84. The molecule has 92 valence electrons. The highest BCUT2D eigenvalue weighted by Crippen LogP contribution is 2.08. The van der Waals surface area contributed by atoms with Gasteiger partial charge in [-0.05, 0) is 25.8 Å². The van der Waals surface area contributed by atoms with Crippen molar-refractivity contribution in [1.29, 1.82) is 0 Å². The second kappa shape index (κ2) is 6.18. The standard InChI is InChI=1S/C14H18O3/c1-4-11-5-7-12(8-6-11)13(15)9-14(16)17-10(2)3/h5-8,10H,4,9H2,1-3H3. The molecule has 0 atom stereocenters. The highest BCUT2D eigenvalue weighted by Gasteiger charge is 2.13. The van der Waals surface area contributed by atoms with Crippen LogP contribution in [0.4, 0.5) is 0 Å². The zero-order valence-corrected chi connectivity index (χ0v) is 10.5. The fraction of sp³-hybridized carbons (Fsp3) is 0.429. The number of carbonyl (C=O) groups is 2. The maximum atomic E-state index is 11.7. The summed E-state index contributed by atoms with van der Waals surface area (Å²) in [5, 5.41) is 0. The minimum Gasteiger partial charge on any atom is -0.463 e. The zero-order chi connectivity index (χ0) is 12.8. The van der Waals surface area contributed by atoms with Gasteiger partial charge in [-0.25, -0.2) is 0 Å². The molecular weight excluding hydrogens is 216 g/mol. The summed E-state index contributed by atoms with van der Waals surface area (Å²) in [7, 11) is 0. The molecule has 1 aromatic carbocycles. The van der Waals surface area contributed by atoms with Crippen LogP contribution in [0.2, 0.25) is 0 Å². The highest BCUT2D eigenvalue weighted by atomic mass is 16.5. The second-order valence-corrected chi connectivity index (χ2v) is 4.19. The molecular formula is C14H18O3. The average molecular weight is 234 g/mol. The summed E-state index contributed by atoms with van der Waals surface area (Å²) in [5.41, 5.74) is 1.73. The number of ether oxygens (including phenoxy) is 1. The van der Waals surface area contributed by atoms with Gasteiger partial charge in [0.05, 0.1) is 6.10 Å². The summed E-state index contributed by atoms with van der Waals surface area (Å²) >= 11 is 0. The first-order chi connectivity index (χ1) is 8.02. The molecule has 0 aliphatic rings. The van der Waals surface area contributed by atoms with Crippen LogP contribution in [0.25, 0.3) is 0 Å². The number of Topliss-reactive ketones (excluding diaryl/α,β-unsaturated/α-hetero) is 1. The number of hydrogen-bond acceptors (Lipinski definition) is 3. The van der Waals surface area contributed by atoms with Gasteiger partial charge in [-0.15, -0.1) is 0 Å². The molecule has 0 saturated heterocycles. The Hall–Kier alpha value is -1.64. The van der Waals surface area contributed by atoms with Crippen molar-refractivity contribution >= 4 is 11.8 Å². The first kappa shape index (κ1) is 13.4. The van der Waals surface area contributed by atoms with E-state index in [1.54, 1.807) is 26.0 Å². The van der Waals surface area contributed by atoms with E-state index in [-0.39, 0.29) is 18.3 Å². The molecule has 0 heterocycles. The number of esters is 1. The van der Waals surface area contributed by atoms with Crippen LogP contribution < -0.4 is 0 Å². The molecule has 17 heavy (non-hydrogen) atoms. The molecule has 0 bridgehead atoms. The lowest BCUT2D eigenvalue weighted by Gasteiger charge is -2.07. The van der Waals surface area contributed by atoms with Crippen molar-refractivity contribution in [3.8, 4) is 0 Å². The predicted octanol–water partition coefficient (Wildman–Crippen LogP) is 2.77. The summed E-state index contributed by atoms with van der Waals surface area (Å²) in [5.74, 6) is -0.664. The number of rotatable bonds is 5. The van der Waals surface area contributed by atoms with E-state index in [9.17, 15) is 9.59 Å². The Morgan fingerprint density at radius 2 is 1.76 bits per heavy atom. The number of carbonyl (C=O) groups excluding carboxylic acids is 2. The van der Waals surface area contributed by atoms with E-state index in [1.165, 1.54) is 5.56 Å². The third-order valence-corrected chi connectivity index (χ3v) is 2.36. The molecule has 0 radical (unpaired) electrons. The largest absolute Gasteiger partial charge is 0.463 e. The number of hydrogen-bond donors (Lipinski definition) is 0. The number of benzene rings is 1. The summed E-state index contributed by atoms with van der Waals surface area (Å²) in [6.07, 6.45) is 0.561. The van der Waals surface area contributed by atoms with Crippen molar-refractivity contribution < 1.29 is 14.3 Å². The molecule has 0 aromatic heterocycles. The Morgan fingerprint density at radius 3 is 2.24 bits per heavy atom. The van der Waals surface area contributed by atoms with Crippen molar-refractivity contribution in [3.63, 3.8) is 0 Å². The van der Waals surface area contributed by atoms with E-state index in [1.807, 2.05) is 12.1 Å². The van der Waals surface area contributed by atoms with Crippen LogP contribution in [0.3, 0.4) is 0 Å². The van der Waals surface area contributed by atoms with Gasteiger partial charge in [0.2, 0.25) is 0 Å².